The summed E-state index contributed by atoms with van der Waals surface area (Å²) in [5.74, 6) is 3.17. The molecule has 0 saturated heterocycles. The van der Waals surface area contributed by atoms with Crippen LogP contribution in [0.25, 0.3) is 0 Å². The van der Waals surface area contributed by atoms with Crippen molar-refractivity contribution in [3.05, 3.63) is 11.9 Å². The van der Waals surface area contributed by atoms with Gasteiger partial charge in [-0.15, -0.1) is 8.58 Å². The highest BCUT2D eigenvalue weighted by molar-refractivity contribution is 7.40. The maximum Gasteiger partial charge on any atom is -0.0347 e. The number of rotatable bonds is 6. The first-order valence-corrected chi connectivity index (χ1v) is 6.17. The zero-order valence-corrected chi connectivity index (χ0v) is 9.06. The van der Waals surface area contributed by atoms with Crippen LogP contribution in [0.2, 0.25) is 0 Å². The number of hydrogen-bond acceptors (Lipinski definition) is 0. The molecule has 0 aliphatic heterocycles. The van der Waals surface area contributed by atoms with Crippen molar-refractivity contribution < 1.29 is 0 Å². The molecule has 0 bridgehead atoms. The van der Waals surface area contributed by atoms with Crippen LogP contribution in [0.3, 0.4) is 0 Å². The first kappa shape index (κ1) is 11.2. The van der Waals surface area contributed by atoms with Crippen LogP contribution in [-0.2, 0) is 0 Å². The summed E-state index contributed by atoms with van der Waals surface area (Å²) in [5.41, 5.74) is 0. The maximum absolute atomic E-state index is 2.32. The second-order valence-electron chi connectivity index (χ2n) is 3.37. The molecule has 0 aliphatic carbocycles. The van der Waals surface area contributed by atoms with Crippen molar-refractivity contribution in [3.63, 3.8) is 0 Å². The zero-order valence-electron chi connectivity index (χ0n) is 8.06. The van der Waals surface area contributed by atoms with Gasteiger partial charge in [0.15, 0.2) is 0 Å². The monoisotopic (exact) mass is 172 g/mol. The van der Waals surface area contributed by atoms with Crippen molar-refractivity contribution in [1.29, 1.82) is 0 Å². The average molecular weight is 172 g/mol. The Kier molecular flexibility index (Phi) is 8.40. The molecule has 0 heterocycles. The molecule has 0 aliphatic rings. The minimum atomic E-state index is 0.882. The van der Waals surface area contributed by atoms with E-state index in [2.05, 4.69) is 32.4 Å². The normalized spacial score (nSPS) is 12.7. The van der Waals surface area contributed by atoms with Crippen LogP contribution in [0.15, 0.2) is 11.9 Å². The van der Waals surface area contributed by atoms with Crippen LogP contribution in [0.5, 0.6) is 0 Å². The first-order chi connectivity index (χ1) is 5.27. The summed E-state index contributed by atoms with van der Waals surface area (Å²) >= 11 is 0. The molecule has 0 aromatic rings. The van der Waals surface area contributed by atoms with Crippen LogP contribution in [-0.4, -0.2) is 6.66 Å². The van der Waals surface area contributed by atoms with Crippen molar-refractivity contribution in [1.82, 2.24) is 0 Å². The standard InChI is InChI=1S/C10H21P/c1-10(2)8-6-4-5-7-9-11-3/h7,9-11H,4-6,8H2,1-3H3/b9-7-. The van der Waals surface area contributed by atoms with E-state index in [0.29, 0.717) is 0 Å². The molecule has 1 heteroatoms. The summed E-state index contributed by atoms with van der Waals surface area (Å²) in [7, 11) is 0.984. The van der Waals surface area contributed by atoms with Gasteiger partial charge in [0.2, 0.25) is 0 Å². The predicted octanol–water partition coefficient (Wildman–Crippen LogP) is 4.02. The predicted molar refractivity (Wildman–Crippen MR) is 56.7 cm³/mol. The van der Waals surface area contributed by atoms with Gasteiger partial charge in [0, 0.05) is 0 Å². The fourth-order valence-corrected chi connectivity index (χ4v) is 1.42. The Morgan fingerprint density at radius 1 is 1.27 bits per heavy atom. The second-order valence-corrected chi connectivity index (χ2v) is 4.28. The third-order valence-electron chi connectivity index (χ3n) is 1.69. The molecule has 0 N–H and O–H groups in total. The lowest BCUT2D eigenvalue weighted by molar-refractivity contribution is 0.540. The zero-order chi connectivity index (χ0) is 8.53. The van der Waals surface area contributed by atoms with Gasteiger partial charge in [-0.3, -0.25) is 0 Å². The van der Waals surface area contributed by atoms with Gasteiger partial charge in [0.05, 0.1) is 0 Å². The third-order valence-corrected chi connectivity index (χ3v) is 2.26. The summed E-state index contributed by atoms with van der Waals surface area (Å²) in [4.78, 5) is 0. The molecule has 1 unspecified atom stereocenters. The molecule has 0 fully saturated rings. The molecule has 0 saturated carbocycles. The number of unbranched alkanes of at least 4 members (excludes halogenated alkanes) is 2. The van der Waals surface area contributed by atoms with E-state index in [1.165, 1.54) is 25.7 Å². The molecule has 0 aromatic heterocycles. The third kappa shape index (κ3) is 10.2. The van der Waals surface area contributed by atoms with E-state index in [-0.39, 0.29) is 0 Å². The lowest BCUT2D eigenvalue weighted by atomic mass is 10.1. The highest BCUT2D eigenvalue weighted by Gasteiger charge is 1.91. The van der Waals surface area contributed by atoms with E-state index in [1.807, 2.05) is 0 Å². The summed E-state index contributed by atoms with van der Waals surface area (Å²) < 4.78 is 0. The van der Waals surface area contributed by atoms with Crippen molar-refractivity contribution >= 4 is 8.58 Å². The Balaban J connectivity index is 2.96. The average Bonchev–Trinajstić information content (AvgIpc) is 1.96. The molecule has 66 valence electrons. The summed E-state index contributed by atoms with van der Waals surface area (Å²) in [5, 5.41) is 0. The quantitative estimate of drug-likeness (QED) is 0.419. The van der Waals surface area contributed by atoms with Crippen LogP contribution >= 0.6 is 8.58 Å². The molecule has 0 aromatic carbocycles. The first-order valence-electron chi connectivity index (χ1n) is 4.59. The van der Waals surface area contributed by atoms with Gasteiger partial charge < -0.3 is 0 Å². The Bertz CT molecular complexity index is 95.0. The van der Waals surface area contributed by atoms with Gasteiger partial charge in [0.25, 0.3) is 0 Å². The second kappa shape index (κ2) is 8.27. The van der Waals surface area contributed by atoms with E-state index in [9.17, 15) is 0 Å². The lowest BCUT2D eigenvalue weighted by Gasteiger charge is -2.01. The summed E-state index contributed by atoms with van der Waals surface area (Å²) in [6.07, 6.45) is 7.77. The van der Waals surface area contributed by atoms with Crippen molar-refractivity contribution in [3.8, 4) is 0 Å². The molecule has 0 radical (unpaired) electrons. The Morgan fingerprint density at radius 2 is 2.00 bits per heavy atom. The number of hydrogen-bond donors (Lipinski definition) is 0. The maximum atomic E-state index is 2.32. The van der Waals surface area contributed by atoms with E-state index in [4.69, 9.17) is 0 Å². The minimum absolute atomic E-state index is 0.882. The van der Waals surface area contributed by atoms with E-state index in [1.54, 1.807) is 0 Å². The molecule has 1 atom stereocenters. The van der Waals surface area contributed by atoms with Gasteiger partial charge in [0.1, 0.15) is 0 Å². The van der Waals surface area contributed by atoms with Crippen LogP contribution in [0.1, 0.15) is 39.5 Å². The van der Waals surface area contributed by atoms with Crippen molar-refractivity contribution in [2.45, 2.75) is 39.5 Å². The minimum Gasteiger partial charge on any atom is -0.102 e. The van der Waals surface area contributed by atoms with E-state index < -0.39 is 0 Å². The Labute approximate surface area is 73.2 Å². The molecule has 0 nitrogen and oxygen atoms in total. The Hall–Kier alpha value is 0.170. The Morgan fingerprint density at radius 3 is 2.55 bits per heavy atom. The van der Waals surface area contributed by atoms with Gasteiger partial charge >= 0.3 is 0 Å². The van der Waals surface area contributed by atoms with Crippen LogP contribution in [0.4, 0.5) is 0 Å². The molecule has 11 heavy (non-hydrogen) atoms. The van der Waals surface area contributed by atoms with Crippen LogP contribution < -0.4 is 0 Å². The highest BCUT2D eigenvalue weighted by atomic mass is 31.1. The molecule has 0 amide bonds. The van der Waals surface area contributed by atoms with Gasteiger partial charge in [-0.05, 0) is 25.4 Å². The largest absolute Gasteiger partial charge is 0.102 e. The topological polar surface area (TPSA) is 0 Å². The van der Waals surface area contributed by atoms with E-state index >= 15 is 0 Å². The fourth-order valence-electron chi connectivity index (χ4n) is 1.02. The van der Waals surface area contributed by atoms with Gasteiger partial charge in [-0.2, -0.15) is 0 Å². The van der Waals surface area contributed by atoms with Crippen molar-refractivity contribution in [2.75, 3.05) is 6.66 Å². The molecule has 0 spiro atoms. The fraction of sp³-hybridized carbons (Fsp3) is 0.800. The van der Waals surface area contributed by atoms with Crippen LogP contribution in [0, 0.1) is 5.92 Å². The summed E-state index contributed by atoms with van der Waals surface area (Å²) in [6.45, 7) is 6.80. The van der Waals surface area contributed by atoms with E-state index in [0.717, 1.165) is 14.5 Å². The van der Waals surface area contributed by atoms with Gasteiger partial charge in [-0.25, -0.2) is 0 Å². The SMILES string of the molecule is CP/C=C\CCCCC(C)C. The molecular formula is C10H21P. The molecule has 0 rings (SSSR count). The molecular weight excluding hydrogens is 151 g/mol. The van der Waals surface area contributed by atoms with Gasteiger partial charge in [-0.1, -0.05) is 38.6 Å². The lowest BCUT2D eigenvalue weighted by Crippen LogP contribution is -1.85. The number of allylic oxidation sites excluding steroid dienone is 1. The van der Waals surface area contributed by atoms with Crippen molar-refractivity contribution in [2.24, 2.45) is 5.92 Å². The summed E-state index contributed by atoms with van der Waals surface area (Å²) in [6, 6.07) is 0. The highest BCUT2D eigenvalue weighted by Crippen LogP contribution is 2.10. The smallest absolute Gasteiger partial charge is 0.0347 e.